The average Bonchev–Trinajstić information content (AvgIpc) is 2.31. The van der Waals surface area contributed by atoms with Gasteiger partial charge in [0.1, 0.15) is 6.54 Å². The zero-order chi connectivity index (χ0) is 15.1. The summed E-state index contributed by atoms with van der Waals surface area (Å²) >= 11 is 0. The van der Waals surface area contributed by atoms with Gasteiger partial charge in [-0.15, -0.1) is 0 Å². The number of hydrogen-bond acceptors (Lipinski definition) is 3. The molecule has 0 spiro atoms. The Morgan fingerprint density at radius 1 is 1.37 bits per heavy atom. The van der Waals surface area contributed by atoms with Crippen LogP contribution in [-0.4, -0.2) is 49.1 Å². The molecule has 19 heavy (non-hydrogen) atoms. The lowest BCUT2D eigenvalue weighted by atomic mass is 10.1. The summed E-state index contributed by atoms with van der Waals surface area (Å²) < 4.78 is 35.6. The van der Waals surface area contributed by atoms with Gasteiger partial charge in [0.05, 0.1) is 12.6 Å². The summed E-state index contributed by atoms with van der Waals surface area (Å²) in [5.74, 6) is -1.31. The van der Waals surface area contributed by atoms with Gasteiger partial charge in [-0.2, -0.15) is 13.2 Å². The van der Waals surface area contributed by atoms with Crippen LogP contribution in [0.25, 0.3) is 0 Å². The SMILES string of the molecule is CCCCC(N)C(=O)N(C)CC(=O)NCC(F)(F)F. The lowest BCUT2D eigenvalue weighted by Crippen LogP contribution is -2.47. The van der Waals surface area contributed by atoms with Crippen molar-refractivity contribution in [3.63, 3.8) is 0 Å². The van der Waals surface area contributed by atoms with Gasteiger partial charge in [0.25, 0.3) is 0 Å². The molecule has 0 heterocycles. The Bertz CT molecular complexity index is 308. The summed E-state index contributed by atoms with van der Waals surface area (Å²) in [6.45, 7) is 0.107. The molecule has 8 heteroatoms. The van der Waals surface area contributed by atoms with Crippen LogP contribution in [0.1, 0.15) is 26.2 Å². The van der Waals surface area contributed by atoms with Crippen LogP contribution >= 0.6 is 0 Å². The van der Waals surface area contributed by atoms with E-state index in [9.17, 15) is 22.8 Å². The van der Waals surface area contributed by atoms with Crippen molar-refractivity contribution in [1.82, 2.24) is 10.2 Å². The van der Waals surface area contributed by atoms with Crippen LogP contribution < -0.4 is 11.1 Å². The number of carbonyl (C=O) groups is 2. The number of alkyl halides is 3. The minimum absolute atomic E-state index is 0.436. The second kappa shape index (κ2) is 7.98. The molecule has 0 aromatic carbocycles. The molecule has 0 fully saturated rings. The molecule has 0 bridgehead atoms. The number of hydrogen-bond donors (Lipinski definition) is 2. The van der Waals surface area contributed by atoms with E-state index in [1.54, 1.807) is 5.32 Å². The maximum atomic E-state index is 11.9. The number of unbranched alkanes of at least 4 members (excludes halogenated alkanes) is 1. The first-order valence-corrected chi connectivity index (χ1v) is 6.01. The molecule has 0 aromatic rings. The number of nitrogens with zero attached hydrogens (tertiary/aromatic N) is 1. The Hall–Kier alpha value is -1.31. The summed E-state index contributed by atoms with van der Waals surface area (Å²) in [4.78, 5) is 23.9. The van der Waals surface area contributed by atoms with Crippen molar-refractivity contribution >= 4 is 11.8 Å². The summed E-state index contributed by atoms with van der Waals surface area (Å²) in [6.07, 6.45) is -2.31. The Kier molecular flexibility index (Phi) is 7.43. The number of carbonyl (C=O) groups excluding carboxylic acids is 2. The predicted molar refractivity (Wildman–Crippen MR) is 64.2 cm³/mol. The van der Waals surface area contributed by atoms with Gasteiger partial charge in [0, 0.05) is 7.05 Å². The highest BCUT2D eigenvalue weighted by Crippen LogP contribution is 2.12. The molecule has 0 aliphatic rings. The van der Waals surface area contributed by atoms with E-state index in [1.165, 1.54) is 7.05 Å². The fourth-order valence-electron chi connectivity index (χ4n) is 1.38. The Morgan fingerprint density at radius 2 is 1.95 bits per heavy atom. The van der Waals surface area contributed by atoms with Crippen LogP contribution in [0, 0.1) is 0 Å². The lowest BCUT2D eigenvalue weighted by Gasteiger charge is -2.21. The van der Waals surface area contributed by atoms with E-state index in [4.69, 9.17) is 5.73 Å². The van der Waals surface area contributed by atoms with E-state index in [1.807, 2.05) is 6.92 Å². The first-order valence-electron chi connectivity index (χ1n) is 6.01. The first-order chi connectivity index (χ1) is 8.67. The van der Waals surface area contributed by atoms with Gasteiger partial charge in [-0.3, -0.25) is 9.59 Å². The Labute approximate surface area is 110 Å². The van der Waals surface area contributed by atoms with Crippen LogP contribution in [0.5, 0.6) is 0 Å². The van der Waals surface area contributed by atoms with Crippen LogP contribution in [0.4, 0.5) is 13.2 Å². The molecule has 1 atom stereocenters. The third kappa shape index (κ3) is 8.41. The maximum absolute atomic E-state index is 11.9. The van der Waals surface area contributed by atoms with Crippen LogP contribution in [0.3, 0.4) is 0 Å². The van der Waals surface area contributed by atoms with Gasteiger partial charge in [-0.05, 0) is 6.42 Å². The summed E-state index contributed by atoms with van der Waals surface area (Å²) in [5, 5.41) is 1.69. The van der Waals surface area contributed by atoms with E-state index < -0.39 is 37.1 Å². The highest BCUT2D eigenvalue weighted by atomic mass is 19.4. The fourth-order valence-corrected chi connectivity index (χ4v) is 1.38. The number of likely N-dealkylation sites (N-methyl/N-ethyl adjacent to an activating group) is 1. The van der Waals surface area contributed by atoms with E-state index in [2.05, 4.69) is 0 Å². The van der Waals surface area contributed by atoms with Crippen LogP contribution in [0.2, 0.25) is 0 Å². The van der Waals surface area contributed by atoms with E-state index in [0.717, 1.165) is 17.7 Å². The van der Waals surface area contributed by atoms with Crippen LogP contribution in [0.15, 0.2) is 0 Å². The third-order valence-corrected chi connectivity index (χ3v) is 2.43. The van der Waals surface area contributed by atoms with Crippen molar-refractivity contribution in [3.05, 3.63) is 0 Å². The van der Waals surface area contributed by atoms with Crippen molar-refractivity contribution < 1.29 is 22.8 Å². The van der Waals surface area contributed by atoms with Crippen molar-refractivity contribution in [2.75, 3.05) is 20.1 Å². The molecule has 0 aromatic heterocycles. The fraction of sp³-hybridized carbons (Fsp3) is 0.818. The summed E-state index contributed by atoms with van der Waals surface area (Å²) in [7, 11) is 1.33. The maximum Gasteiger partial charge on any atom is 0.405 e. The zero-order valence-corrected chi connectivity index (χ0v) is 11.1. The molecule has 5 nitrogen and oxygen atoms in total. The van der Waals surface area contributed by atoms with Gasteiger partial charge in [0.15, 0.2) is 0 Å². The monoisotopic (exact) mass is 283 g/mol. The predicted octanol–water partition coefficient (Wildman–Crippen LogP) is 0.641. The molecule has 0 rings (SSSR count). The molecule has 1 unspecified atom stereocenters. The molecule has 0 radical (unpaired) electrons. The van der Waals surface area contributed by atoms with Gasteiger partial charge in [-0.1, -0.05) is 19.8 Å². The topological polar surface area (TPSA) is 75.4 Å². The van der Waals surface area contributed by atoms with Gasteiger partial charge in [0.2, 0.25) is 11.8 Å². The van der Waals surface area contributed by atoms with E-state index in [-0.39, 0.29) is 0 Å². The Morgan fingerprint density at radius 3 is 2.42 bits per heavy atom. The average molecular weight is 283 g/mol. The molecule has 0 aliphatic carbocycles. The quantitative estimate of drug-likeness (QED) is 0.720. The van der Waals surface area contributed by atoms with Crippen molar-refractivity contribution in [1.29, 1.82) is 0 Å². The van der Waals surface area contributed by atoms with Crippen LogP contribution in [-0.2, 0) is 9.59 Å². The minimum atomic E-state index is -4.46. The number of rotatable bonds is 7. The normalized spacial score (nSPS) is 12.9. The van der Waals surface area contributed by atoms with E-state index >= 15 is 0 Å². The summed E-state index contributed by atoms with van der Waals surface area (Å²) in [6, 6.07) is -0.722. The lowest BCUT2D eigenvalue weighted by molar-refractivity contribution is -0.142. The number of nitrogens with two attached hydrogens (primary N) is 1. The molecule has 112 valence electrons. The van der Waals surface area contributed by atoms with Crippen molar-refractivity contribution in [2.24, 2.45) is 5.73 Å². The Balaban J connectivity index is 4.10. The number of halogens is 3. The van der Waals surface area contributed by atoms with Crippen molar-refractivity contribution in [2.45, 2.75) is 38.4 Å². The van der Waals surface area contributed by atoms with Crippen molar-refractivity contribution in [3.8, 4) is 0 Å². The molecular formula is C11H20F3N3O2. The molecule has 0 saturated carbocycles. The number of nitrogens with one attached hydrogen (secondary N) is 1. The highest BCUT2D eigenvalue weighted by Gasteiger charge is 2.28. The van der Waals surface area contributed by atoms with E-state index in [0.29, 0.717) is 6.42 Å². The standard InChI is InChI=1S/C11H20F3N3O2/c1-3-4-5-8(15)10(19)17(2)6-9(18)16-7-11(12,13)14/h8H,3-7,15H2,1-2H3,(H,16,18). The molecule has 0 aliphatic heterocycles. The highest BCUT2D eigenvalue weighted by molar-refractivity contribution is 5.87. The molecule has 2 amide bonds. The molecule has 0 saturated heterocycles. The first kappa shape index (κ1) is 17.7. The zero-order valence-electron chi connectivity index (χ0n) is 11.1. The largest absolute Gasteiger partial charge is 0.405 e. The smallest absolute Gasteiger partial charge is 0.345 e. The van der Waals surface area contributed by atoms with Gasteiger partial charge < -0.3 is 16.0 Å². The summed E-state index contributed by atoms with van der Waals surface area (Å²) in [5.41, 5.74) is 5.62. The third-order valence-electron chi connectivity index (χ3n) is 2.43. The molecule has 3 N–H and O–H groups in total. The van der Waals surface area contributed by atoms with Gasteiger partial charge >= 0.3 is 6.18 Å². The number of amides is 2. The second-order valence-electron chi connectivity index (χ2n) is 4.33. The van der Waals surface area contributed by atoms with Gasteiger partial charge in [-0.25, -0.2) is 0 Å². The molecular weight excluding hydrogens is 263 g/mol. The second-order valence-corrected chi connectivity index (χ2v) is 4.33. The minimum Gasteiger partial charge on any atom is -0.345 e.